The number of hydrogen-bond acceptors (Lipinski definition) is 6. The molecular weight excluding hydrogens is 378 g/mol. The first-order chi connectivity index (χ1) is 13.3. The van der Waals surface area contributed by atoms with Crippen molar-refractivity contribution in [3.63, 3.8) is 0 Å². The zero-order valence-electron chi connectivity index (χ0n) is 15.6. The van der Waals surface area contributed by atoms with Crippen LogP contribution in [0, 0.1) is 0 Å². The van der Waals surface area contributed by atoms with Crippen LogP contribution in [0.3, 0.4) is 0 Å². The summed E-state index contributed by atoms with van der Waals surface area (Å²) in [4.78, 5) is 21.0. The van der Waals surface area contributed by atoms with Crippen LogP contribution in [0.15, 0.2) is 22.9 Å². The molecule has 27 heavy (non-hydrogen) atoms. The van der Waals surface area contributed by atoms with Gasteiger partial charge in [0.15, 0.2) is 0 Å². The van der Waals surface area contributed by atoms with Crippen molar-refractivity contribution in [3.8, 4) is 9.88 Å². The molecule has 1 saturated carbocycles. The van der Waals surface area contributed by atoms with Crippen LogP contribution >= 0.6 is 22.7 Å². The van der Waals surface area contributed by atoms with E-state index in [0.717, 1.165) is 43.5 Å². The second-order valence-electron chi connectivity index (χ2n) is 7.46. The summed E-state index contributed by atoms with van der Waals surface area (Å²) in [7, 11) is 0. The molecule has 1 aliphatic heterocycles. The minimum atomic E-state index is 0.0798. The third-order valence-corrected chi connectivity index (χ3v) is 7.64. The van der Waals surface area contributed by atoms with Gasteiger partial charge in [0.1, 0.15) is 5.01 Å². The van der Waals surface area contributed by atoms with Crippen LogP contribution in [0.4, 0.5) is 0 Å². The molecule has 2 fully saturated rings. The predicted octanol–water partition coefficient (Wildman–Crippen LogP) is 3.57. The fourth-order valence-electron chi connectivity index (χ4n) is 4.24. The molecule has 0 aromatic carbocycles. The molecular formula is C20H27N3O2S2. The fourth-order valence-corrected chi connectivity index (χ4v) is 5.88. The van der Waals surface area contributed by atoms with E-state index in [2.05, 4.69) is 26.6 Å². The zero-order chi connectivity index (χ0) is 18.5. The highest BCUT2D eigenvalue weighted by Gasteiger charge is 2.38. The summed E-state index contributed by atoms with van der Waals surface area (Å²) < 4.78 is 5.54. The SMILES string of the molecule is O=C(Cc1csc(-c2cccs2)n1)NCC1(N2CCOCC2)CCCCC1. The molecule has 2 aliphatic rings. The molecule has 1 saturated heterocycles. The van der Waals surface area contributed by atoms with Crippen molar-refractivity contribution in [2.75, 3.05) is 32.8 Å². The van der Waals surface area contributed by atoms with Gasteiger partial charge in [-0.1, -0.05) is 25.3 Å². The summed E-state index contributed by atoms with van der Waals surface area (Å²) in [5.74, 6) is 0.0798. The van der Waals surface area contributed by atoms with E-state index in [9.17, 15) is 4.79 Å². The number of morpholine rings is 1. The number of rotatable bonds is 6. The Balaban J connectivity index is 1.35. The standard InChI is InChI=1S/C20H27N3O2S2/c24-18(13-16-14-27-19(22-16)17-5-4-12-26-17)21-15-20(6-2-1-3-7-20)23-8-10-25-11-9-23/h4-5,12,14H,1-3,6-11,13,15H2,(H,21,24). The van der Waals surface area contributed by atoms with E-state index in [1.165, 1.54) is 37.0 Å². The number of aromatic nitrogens is 1. The van der Waals surface area contributed by atoms with Crippen LogP contribution in [0.2, 0.25) is 0 Å². The van der Waals surface area contributed by atoms with Gasteiger partial charge in [-0.05, 0) is 24.3 Å². The number of thiophene rings is 1. The normalized spacial score (nSPS) is 20.4. The fraction of sp³-hybridized carbons (Fsp3) is 0.600. The number of carbonyl (C=O) groups is 1. The molecule has 1 amide bonds. The Kier molecular flexibility index (Phi) is 6.22. The van der Waals surface area contributed by atoms with Crippen molar-refractivity contribution in [1.82, 2.24) is 15.2 Å². The van der Waals surface area contributed by atoms with Crippen molar-refractivity contribution in [1.29, 1.82) is 0 Å². The Morgan fingerprint density at radius 3 is 2.78 bits per heavy atom. The lowest BCUT2D eigenvalue weighted by molar-refractivity contribution is -0.121. The summed E-state index contributed by atoms with van der Waals surface area (Å²) >= 11 is 3.30. The van der Waals surface area contributed by atoms with Gasteiger partial charge in [0.25, 0.3) is 0 Å². The molecule has 0 spiro atoms. The molecule has 146 valence electrons. The van der Waals surface area contributed by atoms with Crippen molar-refractivity contribution >= 4 is 28.6 Å². The molecule has 0 atom stereocenters. The molecule has 0 radical (unpaired) electrons. The second-order valence-corrected chi connectivity index (χ2v) is 9.27. The Labute approximate surface area is 168 Å². The molecule has 1 aliphatic carbocycles. The Morgan fingerprint density at radius 2 is 2.04 bits per heavy atom. The van der Waals surface area contributed by atoms with E-state index in [4.69, 9.17) is 4.74 Å². The molecule has 4 rings (SSSR count). The van der Waals surface area contributed by atoms with Gasteiger partial charge >= 0.3 is 0 Å². The summed E-state index contributed by atoms with van der Waals surface area (Å²) in [6, 6.07) is 4.10. The third kappa shape index (κ3) is 4.59. The maximum absolute atomic E-state index is 12.6. The number of thiazole rings is 1. The van der Waals surface area contributed by atoms with Crippen molar-refractivity contribution in [2.45, 2.75) is 44.1 Å². The maximum atomic E-state index is 12.6. The highest BCUT2D eigenvalue weighted by Crippen LogP contribution is 2.34. The van der Waals surface area contributed by atoms with Crippen molar-refractivity contribution in [2.24, 2.45) is 0 Å². The lowest BCUT2D eigenvalue weighted by atomic mass is 9.79. The number of hydrogen-bond donors (Lipinski definition) is 1. The number of ether oxygens (including phenoxy) is 1. The van der Waals surface area contributed by atoms with E-state index in [-0.39, 0.29) is 11.4 Å². The highest BCUT2D eigenvalue weighted by molar-refractivity contribution is 7.20. The highest BCUT2D eigenvalue weighted by atomic mass is 32.1. The lowest BCUT2D eigenvalue weighted by Gasteiger charge is -2.48. The Hall–Kier alpha value is -1.28. The average Bonchev–Trinajstić information content (AvgIpc) is 3.40. The predicted molar refractivity (Wildman–Crippen MR) is 110 cm³/mol. The van der Waals surface area contributed by atoms with Crippen LogP contribution in [0.5, 0.6) is 0 Å². The van der Waals surface area contributed by atoms with E-state index < -0.39 is 0 Å². The van der Waals surface area contributed by atoms with Crippen molar-refractivity contribution in [3.05, 3.63) is 28.6 Å². The van der Waals surface area contributed by atoms with E-state index in [1.807, 2.05) is 11.4 Å². The summed E-state index contributed by atoms with van der Waals surface area (Å²) in [5, 5.41) is 8.29. The van der Waals surface area contributed by atoms with Crippen LogP contribution < -0.4 is 5.32 Å². The van der Waals surface area contributed by atoms with Gasteiger partial charge in [-0.25, -0.2) is 4.98 Å². The summed E-state index contributed by atoms with van der Waals surface area (Å²) in [6.07, 6.45) is 6.53. The van der Waals surface area contributed by atoms with Crippen LogP contribution in [-0.2, 0) is 16.0 Å². The average molecular weight is 406 g/mol. The quantitative estimate of drug-likeness (QED) is 0.798. The van der Waals surface area contributed by atoms with Gasteiger partial charge in [-0.15, -0.1) is 22.7 Å². The smallest absolute Gasteiger partial charge is 0.226 e. The first kappa shape index (κ1) is 19.1. The minimum absolute atomic E-state index is 0.0798. The summed E-state index contributed by atoms with van der Waals surface area (Å²) in [6.45, 7) is 4.31. The van der Waals surface area contributed by atoms with Gasteiger partial charge in [0, 0.05) is 30.6 Å². The van der Waals surface area contributed by atoms with Crippen molar-refractivity contribution < 1.29 is 9.53 Å². The maximum Gasteiger partial charge on any atom is 0.226 e. The van der Waals surface area contributed by atoms with E-state index >= 15 is 0 Å². The number of amides is 1. The van der Waals surface area contributed by atoms with Crippen LogP contribution in [-0.4, -0.2) is 54.2 Å². The molecule has 2 aromatic heterocycles. The van der Waals surface area contributed by atoms with Gasteiger partial charge in [0.05, 0.1) is 30.2 Å². The number of nitrogens with one attached hydrogen (secondary N) is 1. The van der Waals surface area contributed by atoms with Gasteiger partial charge in [-0.2, -0.15) is 0 Å². The first-order valence-corrected chi connectivity index (χ1v) is 11.6. The summed E-state index contributed by atoms with van der Waals surface area (Å²) in [5.41, 5.74) is 0.979. The van der Waals surface area contributed by atoms with E-state index in [0.29, 0.717) is 6.42 Å². The molecule has 3 heterocycles. The molecule has 2 aromatic rings. The van der Waals surface area contributed by atoms with Crippen LogP contribution in [0.25, 0.3) is 9.88 Å². The molecule has 0 bridgehead atoms. The third-order valence-electron chi connectivity index (χ3n) is 5.71. The molecule has 1 N–H and O–H groups in total. The number of carbonyl (C=O) groups excluding carboxylic acids is 1. The molecule has 7 heteroatoms. The zero-order valence-corrected chi connectivity index (χ0v) is 17.2. The van der Waals surface area contributed by atoms with E-state index in [1.54, 1.807) is 22.7 Å². The molecule has 5 nitrogen and oxygen atoms in total. The van der Waals surface area contributed by atoms with Gasteiger partial charge in [-0.3, -0.25) is 9.69 Å². The monoisotopic (exact) mass is 405 g/mol. The lowest BCUT2D eigenvalue weighted by Crippen LogP contribution is -2.59. The van der Waals surface area contributed by atoms with Gasteiger partial charge < -0.3 is 10.1 Å². The van der Waals surface area contributed by atoms with Crippen LogP contribution in [0.1, 0.15) is 37.8 Å². The molecule has 0 unspecified atom stereocenters. The Morgan fingerprint density at radius 1 is 1.22 bits per heavy atom. The minimum Gasteiger partial charge on any atom is -0.379 e. The second kappa shape index (κ2) is 8.82. The Bertz CT molecular complexity index is 732. The topological polar surface area (TPSA) is 54.5 Å². The van der Waals surface area contributed by atoms with Gasteiger partial charge in [0.2, 0.25) is 5.91 Å². The number of nitrogens with zero attached hydrogens (tertiary/aromatic N) is 2. The largest absolute Gasteiger partial charge is 0.379 e. The first-order valence-electron chi connectivity index (χ1n) is 9.83.